The van der Waals surface area contributed by atoms with Crippen molar-refractivity contribution in [3.63, 3.8) is 0 Å². The SMILES string of the molecule is C[C@H](O)c1ccc(C#N)cc1N1CCCC(CO)C1. The molecule has 0 aliphatic carbocycles. The normalized spacial score (nSPS) is 20.9. The highest BCUT2D eigenvalue weighted by Gasteiger charge is 2.22. The fourth-order valence-electron chi connectivity index (χ4n) is 2.67. The standard InChI is InChI=1S/C15H20N2O2/c1-11(19)14-5-4-12(8-16)7-15(14)17-6-2-3-13(9-17)10-18/h4-5,7,11,13,18-19H,2-3,6,9-10H2,1H3/t11-,13?/m0/s1. The van der Waals surface area contributed by atoms with Crippen LogP contribution in [0.4, 0.5) is 5.69 Å². The van der Waals surface area contributed by atoms with Gasteiger partial charge in [-0.25, -0.2) is 0 Å². The van der Waals surface area contributed by atoms with Crippen molar-refractivity contribution in [3.8, 4) is 6.07 Å². The van der Waals surface area contributed by atoms with Gasteiger partial charge in [-0.2, -0.15) is 5.26 Å². The molecule has 0 aromatic heterocycles. The number of aliphatic hydroxyl groups is 2. The molecule has 4 heteroatoms. The Morgan fingerprint density at radius 3 is 2.95 bits per heavy atom. The number of benzene rings is 1. The van der Waals surface area contributed by atoms with Crippen LogP contribution in [0.3, 0.4) is 0 Å². The van der Waals surface area contributed by atoms with Crippen LogP contribution in [0.5, 0.6) is 0 Å². The average Bonchev–Trinajstić information content (AvgIpc) is 2.46. The zero-order valence-electron chi connectivity index (χ0n) is 11.2. The molecule has 1 aliphatic rings. The van der Waals surface area contributed by atoms with E-state index in [1.165, 1.54) is 0 Å². The van der Waals surface area contributed by atoms with Crippen molar-refractivity contribution in [1.29, 1.82) is 5.26 Å². The highest BCUT2D eigenvalue weighted by molar-refractivity contribution is 5.58. The lowest BCUT2D eigenvalue weighted by Gasteiger charge is -2.35. The van der Waals surface area contributed by atoms with Gasteiger partial charge in [0.1, 0.15) is 0 Å². The summed E-state index contributed by atoms with van der Waals surface area (Å²) in [5.74, 6) is 0.279. The summed E-state index contributed by atoms with van der Waals surface area (Å²) in [5.41, 5.74) is 2.37. The Morgan fingerprint density at radius 1 is 1.53 bits per heavy atom. The molecule has 1 aromatic rings. The summed E-state index contributed by atoms with van der Waals surface area (Å²) in [4.78, 5) is 2.17. The van der Waals surface area contributed by atoms with Gasteiger partial charge in [0, 0.05) is 30.9 Å². The molecule has 0 saturated carbocycles. The van der Waals surface area contributed by atoms with E-state index in [4.69, 9.17) is 5.26 Å². The predicted octanol–water partition coefficient (Wildman–Crippen LogP) is 1.82. The van der Waals surface area contributed by atoms with E-state index in [9.17, 15) is 10.2 Å². The van der Waals surface area contributed by atoms with Gasteiger partial charge in [-0.15, -0.1) is 0 Å². The summed E-state index contributed by atoms with van der Waals surface area (Å²) >= 11 is 0. The number of rotatable bonds is 3. The molecule has 1 heterocycles. The first-order chi connectivity index (χ1) is 9.15. The first-order valence-electron chi connectivity index (χ1n) is 6.73. The van der Waals surface area contributed by atoms with E-state index < -0.39 is 6.10 Å². The van der Waals surface area contributed by atoms with Gasteiger partial charge < -0.3 is 15.1 Å². The molecule has 2 atom stereocenters. The summed E-state index contributed by atoms with van der Waals surface area (Å²) in [5, 5.41) is 28.2. The van der Waals surface area contributed by atoms with Crippen molar-refractivity contribution in [3.05, 3.63) is 29.3 Å². The monoisotopic (exact) mass is 260 g/mol. The van der Waals surface area contributed by atoms with Crippen LogP contribution in [0.15, 0.2) is 18.2 Å². The minimum absolute atomic E-state index is 0.193. The number of hydrogen-bond donors (Lipinski definition) is 2. The quantitative estimate of drug-likeness (QED) is 0.870. The minimum Gasteiger partial charge on any atom is -0.396 e. The maximum Gasteiger partial charge on any atom is 0.0992 e. The molecule has 19 heavy (non-hydrogen) atoms. The summed E-state index contributed by atoms with van der Waals surface area (Å²) in [7, 11) is 0. The molecule has 2 rings (SSSR count). The van der Waals surface area contributed by atoms with E-state index in [2.05, 4.69) is 11.0 Å². The summed E-state index contributed by atoms with van der Waals surface area (Å²) in [6.45, 7) is 3.62. The summed E-state index contributed by atoms with van der Waals surface area (Å²) < 4.78 is 0. The van der Waals surface area contributed by atoms with E-state index in [1.54, 1.807) is 13.0 Å². The number of anilines is 1. The minimum atomic E-state index is -0.558. The Kier molecular flexibility index (Phi) is 4.41. The van der Waals surface area contributed by atoms with Gasteiger partial charge in [0.2, 0.25) is 0 Å². The van der Waals surface area contributed by atoms with Crippen LogP contribution < -0.4 is 4.90 Å². The molecule has 102 valence electrons. The van der Waals surface area contributed by atoms with E-state index in [1.807, 2.05) is 12.1 Å². The molecule has 0 radical (unpaired) electrons. The van der Waals surface area contributed by atoms with Crippen LogP contribution >= 0.6 is 0 Å². The molecule has 2 N–H and O–H groups in total. The highest BCUT2D eigenvalue weighted by Crippen LogP contribution is 2.31. The average molecular weight is 260 g/mol. The lowest BCUT2D eigenvalue weighted by Crippen LogP contribution is -2.37. The molecule has 1 aromatic carbocycles. The number of nitriles is 1. The first-order valence-corrected chi connectivity index (χ1v) is 6.73. The van der Waals surface area contributed by atoms with Gasteiger partial charge in [0.25, 0.3) is 0 Å². The van der Waals surface area contributed by atoms with Crippen LogP contribution in [-0.2, 0) is 0 Å². The van der Waals surface area contributed by atoms with Crippen molar-refractivity contribution >= 4 is 5.69 Å². The van der Waals surface area contributed by atoms with Gasteiger partial charge >= 0.3 is 0 Å². The topological polar surface area (TPSA) is 67.5 Å². The third-order valence-electron chi connectivity index (χ3n) is 3.73. The Hall–Kier alpha value is -1.57. The Bertz CT molecular complexity index is 480. The van der Waals surface area contributed by atoms with Gasteiger partial charge in [-0.1, -0.05) is 6.07 Å². The molecule has 1 unspecified atom stereocenters. The van der Waals surface area contributed by atoms with E-state index in [0.29, 0.717) is 5.56 Å². The zero-order valence-corrected chi connectivity index (χ0v) is 11.2. The molecule has 4 nitrogen and oxygen atoms in total. The fraction of sp³-hybridized carbons (Fsp3) is 0.533. The lowest BCUT2D eigenvalue weighted by molar-refractivity contribution is 0.197. The third kappa shape index (κ3) is 3.06. The molecule has 1 aliphatic heterocycles. The number of aliphatic hydroxyl groups excluding tert-OH is 2. The van der Waals surface area contributed by atoms with Gasteiger partial charge in [-0.05, 0) is 37.8 Å². The molecular formula is C15H20N2O2. The molecule has 0 spiro atoms. The number of hydrogen-bond acceptors (Lipinski definition) is 4. The van der Waals surface area contributed by atoms with Gasteiger partial charge in [0.15, 0.2) is 0 Å². The smallest absolute Gasteiger partial charge is 0.0992 e. The fourth-order valence-corrected chi connectivity index (χ4v) is 2.67. The van der Waals surface area contributed by atoms with Crippen LogP contribution in [0.2, 0.25) is 0 Å². The van der Waals surface area contributed by atoms with Gasteiger partial charge in [-0.3, -0.25) is 0 Å². The molecule has 0 bridgehead atoms. The van der Waals surface area contributed by atoms with Crippen molar-refractivity contribution in [1.82, 2.24) is 0 Å². The number of piperidine rings is 1. The van der Waals surface area contributed by atoms with Crippen molar-refractivity contribution < 1.29 is 10.2 Å². The van der Waals surface area contributed by atoms with Gasteiger partial charge in [0.05, 0.1) is 17.7 Å². The highest BCUT2D eigenvalue weighted by atomic mass is 16.3. The van der Waals surface area contributed by atoms with Crippen LogP contribution in [-0.4, -0.2) is 29.9 Å². The largest absolute Gasteiger partial charge is 0.396 e. The summed E-state index contributed by atoms with van der Waals surface area (Å²) in [6, 6.07) is 7.53. The Labute approximate surface area is 113 Å². The van der Waals surface area contributed by atoms with E-state index in [-0.39, 0.29) is 12.5 Å². The molecule has 1 saturated heterocycles. The second-order valence-electron chi connectivity index (χ2n) is 5.20. The summed E-state index contributed by atoms with van der Waals surface area (Å²) in [6.07, 6.45) is 1.51. The second kappa shape index (κ2) is 6.05. The molecule has 1 fully saturated rings. The van der Waals surface area contributed by atoms with Crippen molar-refractivity contribution in [2.24, 2.45) is 5.92 Å². The van der Waals surface area contributed by atoms with Crippen LogP contribution in [0.25, 0.3) is 0 Å². The Morgan fingerprint density at radius 2 is 2.32 bits per heavy atom. The maximum absolute atomic E-state index is 9.86. The van der Waals surface area contributed by atoms with E-state index >= 15 is 0 Å². The molecule has 0 amide bonds. The third-order valence-corrected chi connectivity index (χ3v) is 3.73. The van der Waals surface area contributed by atoms with Crippen molar-refractivity contribution in [2.75, 3.05) is 24.6 Å². The maximum atomic E-state index is 9.86. The Balaban J connectivity index is 2.33. The molecular weight excluding hydrogens is 240 g/mol. The number of nitrogens with zero attached hydrogens (tertiary/aromatic N) is 2. The van der Waals surface area contributed by atoms with Crippen LogP contribution in [0.1, 0.15) is 37.0 Å². The first kappa shape index (κ1) is 13.9. The van der Waals surface area contributed by atoms with E-state index in [0.717, 1.165) is 37.2 Å². The van der Waals surface area contributed by atoms with Crippen LogP contribution in [0, 0.1) is 17.2 Å². The zero-order chi connectivity index (χ0) is 13.8. The lowest BCUT2D eigenvalue weighted by atomic mass is 9.96. The van der Waals surface area contributed by atoms with Crippen molar-refractivity contribution in [2.45, 2.75) is 25.9 Å². The second-order valence-corrected chi connectivity index (χ2v) is 5.20. The predicted molar refractivity (Wildman–Crippen MR) is 73.8 cm³/mol.